The van der Waals surface area contributed by atoms with Crippen LogP contribution >= 0.6 is 0 Å². The SMILES string of the molecule is C[C@]1(CCc2ccccc2)C[C@@H]1CO. The van der Waals surface area contributed by atoms with Crippen LogP contribution in [-0.4, -0.2) is 11.7 Å². The lowest BCUT2D eigenvalue weighted by molar-refractivity contribution is 0.250. The lowest BCUT2D eigenvalue weighted by Gasteiger charge is -2.09. The van der Waals surface area contributed by atoms with Gasteiger partial charge in [0.05, 0.1) is 0 Å². The van der Waals surface area contributed by atoms with E-state index in [1.807, 2.05) is 0 Å². The molecule has 0 heterocycles. The summed E-state index contributed by atoms with van der Waals surface area (Å²) in [4.78, 5) is 0. The molecule has 1 heteroatoms. The van der Waals surface area contributed by atoms with E-state index in [0.29, 0.717) is 17.9 Å². The highest BCUT2D eigenvalue weighted by atomic mass is 16.3. The molecule has 0 saturated heterocycles. The maximum absolute atomic E-state index is 9.04. The third kappa shape index (κ3) is 1.98. The monoisotopic (exact) mass is 190 g/mol. The summed E-state index contributed by atoms with van der Waals surface area (Å²) < 4.78 is 0. The third-order valence-corrected chi connectivity index (χ3v) is 3.59. The Bertz CT molecular complexity index is 293. The number of aliphatic hydroxyl groups is 1. The molecule has 1 aliphatic rings. The molecule has 2 atom stereocenters. The van der Waals surface area contributed by atoms with E-state index in [1.165, 1.54) is 18.4 Å². The van der Waals surface area contributed by atoms with Crippen molar-refractivity contribution in [2.24, 2.45) is 11.3 Å². The molecule has 14 heavy (non-hydrogen) atoms. The van der Waals surface area contributed by atoms with Crippen LogP contribution < -0.4 is 0 Å². The minimum Gasteiger partial charge on any atom is -0.396 e. The maximum Gasteiger partial charge on any atom is 0.0464 e. The van der Waals surface area contributed by atoms with Gasteiger partial charge in [-0.2, -0.15) is 0 Å². The number of hydrogen-bond donors (Lipinski definition) is 1. The Hall–Kier alpha value is -0.820. The molecule has 0 unspecified atom stereocenters. The molecule has 1 nitrogen and oxygen atoms in total. The third-order valence-electron chi connectivity index (χ3n) is 3.59. The molecule has 0 amide bonds. The predicted molar refractivity (Wildman–Crippen MR) is 58.1 cm³/mol. The largest absolute Gasteiger partial charge is 0.396 e. The molecule has 1 aromatic rings. The molecule has 0 bridgehead atoms. The van der Waals surface area contributed by atoms with Crippen LogP contribution in [0.15, 0.2) is 30.3 Å². The van der Waals surface area contributed by atoms with Crippen molar-refractivity contribution in [3.63, 3.8) is 0 Å². The van der Waals surface area contributed by atoms with Crippen molar-refractivity contribution in [2.75, 3.05) is 6.61 Å². The zero-order valence-electron chi connectivity index (χ0n) is 8.74. The van der Waals surface area contributed by atoms with Crippen LogP contribution in [0.2, 0.25) is 0 Å². The van der Waals surface area contributed by atoms with Crippen LogP contribution in [-0.2, 0) is 6.42 Å². The van der Waals surface area contributed by atoms with E-state index in [0.717, 1.165) is 6.42 Å². The number of aliphatic hydroxyl groups excluding tert-OH is 1. The van der Waals surface area contributed by atoms with Crippen LogP contribution in [0.3, 0.4) is 0 Å². The first-order valence-electron chi connectivity index (χ1n) is 5.39. The molecule has 0 radical (unpaired) electrons. The van der Waals surface area contributed by atoms with Crippen LogP contribution in [0.4, 0.5) is 0 Å². The first-order chi connectivity index (χ1) is 6.74. The summed E-state index contributed by atoms with van der Waals surface area (Å²) in [6.07, 6.45) is 3.56. The lowest BCUT2D eigenvalue weighted by Crippen LogP contribution is -2.03. The van der Waals surface area contributed by atoms with Gasteiger partial charge >= 0.3 is 0 Å². The fraction of sp³-hybridized carbons (Fsp3) is 0.538. The zero-order chi connectivity index (χ0) is 10.0. The zero-order valence-corrected chi connectivity index (χ0v) is 8.74. The van der Waals surface area contributed by atoms with Gasteiger partial charge in [-0.25, -0.2) is 0 Å². The van der Waals surface area contributed by atoms with Crippen molar-refractivity contribution in [1.29, 1.82) is 0 Å². The number of aryl methyl sites for hydroxylation is 1. The Morgan fingerprint density at radius 2 is 2.07 bits per heavy atom. The van der Waals surface area contributed by atoms with Gasteiger partial charge in [0.2, 0.25) is 0 Å². The van der Waals surface area contributed by atoms with E-state index >= 15 is 0 Å². The normalized spacial score (nSPS) is 30.3. The predicted octanol–water partition coefficient (Wildman–Crippen LogP) is 2.64. The lowest BCUT2D eigenvalue weighted by atomic mass is 9.96. The number of benzene rings is 1. The molecule has 1 N–H and O–H groups in total. The number of rotatable bonds is 4. The van der Waals surface area contributed by atoms with Crippen LogP contribution in [0.1, 0.15) is 25.3 Å². The fourth-order valence-electron chi connectivity index (χ4n) is 2.17. The van der Waals surface area contributed by atoms with Gasteiger partial charge in [0.25, 0.3) is 0 Å². The first kappa shape index (κ1) is 9.72. The second kappa shape index (κ2) is 3.74. The van der Waals surface area contributed by atoms with Crippen molar-refractivity contribution in [2.45, 2.75) is 26.2 Å². The second-order valence-corrected chi connectivity index (χ2v) is 4.72. The van der Waals surface area contributed by atoms with Gasteiger partial charge in [-0.1, -0.05) is 37.3 Å². The maximum atomic E-state index is 9.04. The Labute approximate surface area is 85.8 Å². The highest BCUT2D eigenvalue weighted by Gasteiger charge is 2.48. The summed E-state index contributed by atoms with van der Waals surface area (Å²) in [5.41, 5.74) is 1.84. The van der Waals surface area contributed by atoms with Gasteiger partial charge < -0.3 is 5.11 Å². The Balaban J connectivity index is 1.84. The van der Waals surface area contributed by atoms with E-state index in [1.54, 1.807) is 0 Å². The van der Waals surface area contributed by atoms with Gasteiger partial charge in [-0.05, 0) is 36.2 Å². The molecule has 2 rings (SSSR count). The summed E-state index contributed by atoms with van der Waals surface area (Å²) in [7, 11) is 0. The molecule has 1 aromatic carbocycles. The van der Waals surface area contributed by atoms with Crippen LogP contribution in [0.5, 0.6) is 0 Å². The molecule has 1 fully saturated rings. The summed E-state index contributed by atoms with van der Waals surface area (Å²) in [5, 5.41) is 9.04. The molecule has 76 valence electrons. The Kier molecular flexibility index (Phi) is 2.60. The minimum absolute atomic E-state index is 0.366. The smallest absolute Gasteiger partial charge is 0.0464 e. The Morgan fingerprint density at radius 3 is 2.64 bits per heavy atom. The molecule has 1 aliphatic carbocycles. The van der Waals surface area contributed by atoms with E-state index < -0.39 is 0 Å². The van der Waals surface area contributed by atoms with Crippen molar-refractivity contribution < 1.29 is 5.11 Å². The van der Waals surface area contributed by atoms with Gasteiger partial charge in [0.1, 0.15) is 0 Å². The first-order valence-corrected chi connectivity index (χ1v) is 5.39. The molecule has 1 saturated carbocycles. The van der Waals surface area contributed by atoms with Gasteiger partial charge in [-0.15, -0.1) is 0 Å². The fourth-order valence-corrected chi connectivity index (χ4v) is 2.17. The average molecular weight is 190 g/mol. The van der Waals surface area contributed by atoms with Crippen molar-refractivity contribution in [1.82, 2.24) is 0 Å². The second-order valence-electron chi connectivity index (χ2n) is 4.72. The molecule has 0 aromatic heterocycles. The van der Waals surface area contributed by atoms with Crippen molar-refractivity contribution in [3.8, 4) is 0 Å². The topological polar surface area (TPSA) is 20.2 Å². The average Bonchev–Trinajstić information content (AvgIpc) is 2.89. The molecule has 0 aliphatic heterocycles. The van der Waals surface area contributed by atoms with Crippen molar-refractivity contribution >= 4 is 0 Å². The summed E-state index contributed by atoms with van der Waals surface area (Å²) >= 11 is 0. The minimum atomic E-state index is 0.366. The van der Waals surface area contributed by atoms with E-state index in [-0.39, 0.29) is 0 Å². The quantitative estimate of drug-likeness (QED) is 0.774. The van der Waals surface area contributed by atoms with Gasteiger partial charge in [0.15, 0.2) is 0 Å². The Morgan fingerprint density at radius 1 is 1.36 bits per heavy atom. The highest BCUT2D eigenvalue weighted by Crippen LogP contribution is 2.54. The number of hydrogen-bond acceptors (Lipinski definition) is 1. The molecular weight excluding hydrogens is 172 g/mol. The van der Waals surface area contributed by atoms with Crippen LogP contribution in [0.25, 0.3) is 0 Å². The molecule has 0 spiro atoms. The standard InChI is InChI=1S/C13H18O/c1-13(9-12(13)10-14)8-7-11-5-3-2-4-6-11/h2-6,12,14H,7-10H2,1H3/t12-,13+/m1/s1. The molecular formula is C13H18O. The van der Waals surface area contributed by atoms with Gasteiger partial charge in [0, 0.05) is 6.61 Å². The van der Waals surface area contributed by atoms with Crippen LogP contribution in [0, 0.1) is 11.3 Å². The summed E-state index contributed by atoms with van der Waals surface area (Å²) in [6.45, 7) is 2.65. The summed E-state index contributed by atoms with van der Waals surface area (Å²) in [5.74, 6) is 0.561. The van der Waals surface area contributed by atoms with E-state index in [2.05, 4.69) is 37.3 Å². The van der Waals surface area contributed by atoms with Crippen molar-refractivity contribution in [3.05, 3.63) is 35.9 Å². The summed E-state index contributed by atoms with van der Waals surface area (Å²) in [6, 6.07) is 10.6. The highest BCUT2D eigenvalue weighted by molar-refractivity contribution is 5.15. The van der Waals surface area contributed by atoms with E-state index in [4.69, 9.17) is 5.11 Å². The van der Waals surface area contributed by atoms with E-state index in [9.17, 15) is 0 Å². The van der Waals surface area contributed by atoms with Gasteiger partial charge in [-0.3, -0.25) is 0 Å².